The molecule has 4 aliphatic rings. The summed E-state index contributed by atoms with van der Waals surface area (Å²) in [5.41, 5.74) is -1.96. The van der Waals surface area contributed by atoms with Gasteiger partial charge in [0.2, 0.25) is 0 Å². The van der Waals surface area contributed by atoms with E-state index < -0.39 is 34.5 Å². The van der Waals surface area contributed by atoms with Crippen LogP contribution in [0, 0.1) is 28.6 Å². The molecule has 0 spiro atoms. The van der Waals surface area contributed by atoms with Crippen LogP contribution >= 0.6 is 0 Å². The molecule has 132 valence electrons. The summed E-state index contributed by atoms with van der Waals surface area (Å²) in [5, 5.41) is 22.7. The predicted molar refractivity (Wildman–Crippen MR) is 85.8 cm³/mol. The number of alkyl carbamates (subject to hydrolysis) is 1. The summed E-state index contributed by atoms with van der Waals surface area (Å²) in [6, 6.07) is 0.772. The van der Waals surface area contributed by atoms with Crippen molar-refractivity contribution in [1.29, 1.82) is 5.26 Å². The lowest BCUT2D eigenvalue weighted by atomic mass is 9.46. The van der Waals surface area contributed by atoms with Crippen molar-refractivity contribution in [3.05, 3.63) is 0 Å². The Morgan fingerprint density at radius 1 is 1.25 bits per heavy atom. The number of ether oxygens (including phenoxy) is 1. The van der Waals surface area contributed by atoms with Crippen LogP contribution in [0.15, 0.2) is 0 Å². The Kier molecular flexibility index (Phi) is 3.91. The molecule has 4 aliphatic carbocycles. The fourth-order valence-corrected chi connectivity index (χ4v) is 5.61. The number of nitrogens with one attached hydrogen (secondary N) is 1. The van der Waals surface area contributed by atoms with Crippen molar-refractivity contribution in [2.45, 2.75) is 76.5 Å². The van der Waals surface area contributed by atoms with E-state index in [9.17, 15) is 14.7 Å². The Morgan fingerprint density at radius 2 is 1.83 bits per heavy atom. The van der Waals surface area contributed by atoms with Gasteiger partial charge < -0.3 is 15.2 Å². The maximum Gasteiger partial charge on any atom is 0.408 e. The van der Waals surface area contributed by atoms with E-state index in [0.29, 0.717) is 18.3 Å². The van der Waals surface area contributed by atoms with Crippen molar-refractivity contribution in [2.75, 3.05) is 0 Å². The summed E-state index contributed by atoms with van der Waals surface area (Å²) >= 11 is 0. The number of aliphatic hydroxyl groups is 1. The molecule has 4 rings (SSSR count). The van der Waals surface area contributed by atoms with Gasteiger partial charge in [0.1, 0.15) is 17.7 Å². The number of rotatable bonds is 3. The third-order valence-electron chi connectivity index (χ3n) is 5.72. The minimum absolute atomic E-state index is 0.366. The number of Topliss-reactive ketones (excluding diaryl/α,β-unsaturated/α-hetero) is 1. The average Bonchev–Trinajstić information content (AvgIpc) is 2.39. The second-order valence-electron chi connectivity index (χ2n) is 9.10. The van der Waals surface area contributed by atoms with Gasteiger partial charge in [-0.05, 0) is 71.1 Å². The highest BCUT2D eigenvalue weighted by Crippen LogP contribution is 2.62. The number of nitriles is 1. The number of carbonyl (C=O) groups excluding carboxylic acids is 2. The van der Waals surface area contributed by atoms with Crippen molar-refractivity contribution < 1.29 is 19.4 Å². The highest BCUT2D eigenvalue weighted by molar-refractivity contribution is 6.00. The molecule has 0 aromatic carbocycles. The topological polar surface area (TPSA) is 99.4 Å². The standard InChI is InChI=1S/C18H26N2O4/c1-16(2,3)24-15(22)20-14(13(21)9-19)17-5-11-4-12(6-17)8-18(23,7-11)10-17/h11-12,14,23H,4-8,10H2,1-3H3,(H,20,22)/t11?,12?,14-,17?,18?/m1/s1. The monoisotopic (exact) mass is 334 g/mol. The molecule has 0 radical (unpaired) electrons. The molecule has 0 heterocycles. The van der Waals surface area contributed by atoms with Crippen LogP contribution in [-0.2, 0) is 9.53 Å². The van der Waals surface area contributed by atoms with Crippen molar-refractivity contribution in [2.24, 2.45) is 17.3 Å². The van der Waals surface area contributed by atoms with Crippen molar-refractivity contribution in [1.82, 2.24) is 5.32 Å². The first-order valence-corrected chi connectivity index (χ1v) is 8.70. The van der Waals surface area contributed by atoms with E-state index in [1.165, 1.54) is 0 Å². The SMILES string of the molecule is CC(C)(C)OC(=O)N[C@H](C(=O)C#N)C12CC3CC(CC(O)(C3)C1)C2. The van der Waals surface area contributed by atoms with Gasteiger partial charge in [0.05, 0.1) is 5.60 Å². The van der Waals surface area contributed by atoms with Gasteiger partial charge in [0.25, 0.3) is 5.78 Å². The fraction of sp³-hybridized carbons (Fsp3) is 0.833. The van der Waals surface area contributed by atoms with Crippen LogP contribution < -0.4 is 5.32 Å². The molecule has 2 N–H and O–H groups in total. The van der Waals surface area contributed by atoms with E-state index in [0.717, 1.165) is 32.1 Å². The highest BCUT2D eigenvalue weighted by atomic mass is 16.6. The molecule has 0 aromatic heterocycles. The number of ketones is 1. The number of carbonyl (C=O) groups is 2. The van der Waals surface area contributed by atoms with Crippen molar-refractivity contribution in [3.63, 3.8) is 0 Å². The van der Waals surface area contributed by atoms with Crippen LogP contribution in [0.4, 0.5) is 4.79 Å². The Hall–Kier alpha value is -1.61. The normalized spacial score (nSPS) is 38.3. The van der Waals surface area contributed by atoms with Gasteiger partial charge in [-0.25, -0.2) is 4.79 Å². The van der Waals surface area contributed by atoms with E-state index >= 15 is 0 Å². The van der Waals surface area contributed by atoms with Gasteiger partial charge >= 0.3 is 6.09 Å². The van der Waals surface area contributed by atoms with Crippen LogP contribution in [0.3, 0.4) is 0 Å². The van der Waals surface area contributed by atoms with Gasteiger partial charge in [0, 0.05) is 5.41 Å². The van der Waals surface area contributed by atoms with Crippen molar-refractivity contribution >= 4 is 11.9 Å². The van der Waals surface area contributed by atoms with Gasteiger partial charge in [0.15, 0.2) is 0 Å². The van der Waals surface area contributed by atoms with Gasteiger partial charge in [-0.15, -0.1) is 0 Å². The zero-order valence-corrected chi connectivity index (χ0v) is 14.6. The third-order valence-corrected chi connectivity index (χ3v) is 5.72. The number of hydrogen-bond donors (Lipinski definition) is 2. The molecule has 6 nitrogen and oxygen atoms in total. The minimum atomic E-state index is -0.908. The first-order chi connectivity index (χ1) is 11.0. The van der Waals surface area contributed by atoms with E-state index in [2.05, 4.69) is 5.32 Å². The quantitative estimate of drug-likeness (QED) is 0.772. The fourth-order valence-electron chi connectivity index (χ4n) is 5.61. The Morgan fingerprint density at radius 3 is 2.29 bits per heavy atom. The first kappa shape index (κ1) is 17.2. The molecule has 3 atom stereocenters. The highest BCUT2D eigenvalue weighted by Gasteiger charge is 2.61. The summed E-state index contributed by atoms with van der Waals surface area (Å²) in [7, 11) is 0. The van der Waals surface area contributed by atoms with E-state index in [4.69, 9.17) is 10.00 Å². The predicted octanol–water partition coefficient (Wildman–Crippen LogP) is 2.30. The zero-order valence-electron chi connectivity index (χ0n) is 14.6. The lowest BCUT2D eigenvalue weighted by molar-refractivity contribution is -0.174. The summed E-state index contributed by atoms with van der Waals surface area (Å²) in [4.78, 5) is 24.5. The molecule has 1 amide bonds. The van der Waals surface area contributed by atoms with E-state index in [1.54, 1.807) is 26.8 Å². The Labute approximate surface area is 142 Å². The zero-order chi connectivity index (χ0) is 17.8. The molecule has 4 bridgehead atoms. The summed E-state index contributed by atoms with van der Waals surface area (Å²) in [6.45, 7) is 5.25. The molecule has 0 saturated heterocycles. The maximum atomic E-state index is 12.3. The Bertz CT molecular complexity index is 587. The Balaban J connectivity index is 1.85. The molecular weight excluding hydrogens is 308 g/mol. The van der Waals surface area contributed by atoms with Crippen LogP contribution in [0.25, 0.3) is 0 Å². The van der Waals surface area contributed by atoms with Crippen LogP contribution in [-0.4, -0.2) is 34.2 Å². The maximum absolute atomic E-state index is 12.3. The lowest BCUT2D eigenvalue weighted by Crippen LogP contribution is -2.64. The largest absolute Gasteiger partial charge is 0.444 e. The molecule has 0 aliphatic heterocycles. The van der Waals surface area contributed by atoms with E-state index in [1.807, 2.05) is 0 Å². The minimum Gasteiger partial charge on any atom is -0.444 e. The van der Waals surface area contributed by atoms with E-state index in [-0.39, 0.29) is 0 Å². The summed E-state index contributed by atoms with van der Waals surface area (Å²) in [5.74, 6) is 0.0859. The number of amides is 1. The molecule has 6 heteroatoms. The van der Waals surface area contributed by atoms with Crippen LogP contribution in [0.1, 0.15) is 59.3 Å². The van der Waals surface area contributed by atoms with Gasteiger partial charge in [-0.2, -0.15) is 5.26 Å². The number of hydrogen-bond acceptors (Lipinski definition) is 5. The van der Waals surface area contributed by atoms with Crippen LogP contribution in [0.5, 0.6) is 0 Å². The molecule has 0 aromatic rings. The average molecular weight is 334 g/mol. The smallest absolute Gasteiger partial charge is 0.408 e. The number of nitrogens with zero attached hydrogens (tertiary/aromatic N) is 1. The summed E-state index contributed by atoms with van der Waals surface area (Å²) in [6.07, 6.45) is 3.96. The molecule has 4 fully saturated rings. The molecule has 24 heavy (non-hydrogen) atoms. The second-order valence-corrected chi connectivity index (χ2v) is 9.10. The van der Waals surface area contributed by atoms with Gasteiger partial charge in [-0.3, -0.25) is 4.79 Å². The molecular formula is C18H26N2O4. The third kappa shape index (κ3) is 3.14. The van der Waals surface area contributed by atoms with Crippen molar-refractivity contribution in [3.8, 4) is 6.07 Å². The first-order valence-electron chi connectivity index (χ1n) is 8.70. The van der Waals surface area contributed by atoms with Gasteiger partial charge in [-0.1, -0.05) is 0 Å². The van der Waals surface area contributed by atoms with Crippen LogP contribution in [0.2, 0.25) is 0 Å². The molecule has 4 saturated carbocycles. The second kappa shape index (κ2) is 5.45. The lowest BCUT2D eigenvalue weighted by Gasteiger charge is -2.61. The molecule has 2 unspecified atom stereocenters. The summed E-state index contributed by atoms with van der Waals surface area (Å²) < 4.78 is 5.28.